The first kappa shape index (κ1) is 21.9. The maximum atomic E-state index is 14.7. The van der Waals surface area contributed by atoms with Crippen LogP contribution in [-0.4, -0.2) is 73.4 Å². The summed E-state index contributed by atoms with van der Waals surface area (Å²) in [6.07, 6.45) is 0.345. The van der Waals surface area contributed by atoms with Crippen LogP contribution >= 0.6 is 0 Å². The molecule has 2 aliphatic rings. The Balaban J connectivity index is 1.97. The number of likely N-dealkylation sites (tertiary alicyclic amines) is 2. The molecule has 2 saturated heterocycles. The van der Waals surface area contributed by atoms with Gasteiger partial charge in [-0.3, -0.25) is 19.3 Å². The van der Waals surface area contributed by atoms with Crippen LogP contribution in [0.2, 0.25) is 0 Å². The molecule has 162 valence electrons. The third-order valence-corrected chi connectivity index (χ3v) is 5.82. The predicted molar refractivity (Wildman–Crippen MR) is 103 cm³/mol. The molecule has 3 amide bonds. The van der Waals surface area contributed by atoms with Crippen molar-refractivity contribution < 1.29 is 33.0 Å². The van der Waals surface area contributed by atoms with Crippen molar-refractivity contribution >= 4 is 23.7 Å². The SMILES string of the molecule is COCCN1C(=O)CC(CC(=O)N2CCC[C@H]2C(=O)OC)(c2ccccc2F)C1=O. The number of halogens is 1. The molecule has 0 aliphatic carbocycles. The standard InChI is InChI=1S/C21H25FN2O6/c1-29-11-10-24-18(26)13-21(20(24)28,14-6-3-4-7-15(14)22)12-17(25)23-9-5-8-16(23)19(27)30-2/h3-4,6-7,16H,5,8-13H2,1-2H3/t16-,21?/m0/s1. The van der Waals surface area contributed by atoms with Gasteiger partial charge in [0, 0.05) is 32.1 Å². The van der Waals surface area contributed by atoms with E-state index in [0.29, 0.717) is 19.4 Å². The Morgan fingerprint density at radius 1 is 1.23 bits per heavy atom. The first-order valence-electron chi connectivity index (χ1n) is 9.81. The fourth-order valence-corrected chi connectivity index (χ4v) is 4.31. The summed E-state index contributed by atoms with van der Waals surface area (Å²) >= 11 is 0. The predicted octanol–water partition coefficient (Wildman–Crippen LogP) is 1.02. The first-order valence-corrected chi connectivity index (χ1v) is 9.81. The minimum Gasteiger partial charge on any atom is -0.467 e. The van der Waals surface area contributed by atoms with Gasteiger partial charge in [0.15, 0.2) is 0 Å². The number of imide groups is 1. The molecule has 2 aliphatic heterocycles. The Morgan fingerprint density at radius 2 is 1.97 bits per heavy atom. The van der Waals surface area contributed by atoms with Gasteiger partial charge in [-0.25, -0.2) is 9.18 Å². The molecule has 1 unspecified atom stereocenters. The van der Waals surface area contributed by atoms with Gasteiger partial charge in [-0.05, 0) is 18.9 Å². The number of ether oxygens (including phenoxy) is 2. The lowest BCUT2D eigenvalue weighted by Crippen LogP contribution is -2.47. The van der Waals surface area contributed by atoms with Crippen LogP contribution in [0.15, 0.2) is 24.3 Å². The summed E-state index contributed by atoms with van der Waals surface area (Å²) in [5.41, 5.74) is -1.65. The fourth-order valence-electron chi connectivity index (χ4n) is 4.31. The van der Waals surface area contributed by atoms with Crippen molar-refractivity contribution in [2.45, 2.75) is 37.1 Å². The van der Waals surface area contributed by atoms with Crippen LogP contribution in [0, 0.1) is 5.82 Å². The highest BCUT2D eigenvalue weighted by molar-refractivity contribution is 6.11. The van der Waals surface area contributed by atoms with Crippen molar-refractivity contribution in [2.24, 2.45) is 0 Å². The van der Waals surface area contributed by atoms with E-state index in [1.165, 1.54) is 37.3 Å². The molecule has 0 spiro atoms. The summed E-state index contributed by atoms with van der Waals surface area (Å²) < 4.78 is 24.5. The fraction of sp³-hybridized carbons (Fsp3) is 0.524. The first-order chi connectivity index (χ1) is 14.4. The van der Waals surface area contributed by atoms with Crippen molar-refractivity contribution in [1.82, 2.24) is 9.80 Å². The van der Waals surface area contributed by atoms with Crippen molar-refractivity contribution in [1.29, 1.82) is 0 Å². The lowest BCUT2D eigenvalue weighted by atomic mass is 9.75. The monoisotopic (exact) mass is 420 g/mol. The van der Waals surface area contributed by atoms with Gasteiger partial charge in [0.1, 0.15) is 11.9 Å². The van der Waals surface area contributed by atoms with Gasteiger partial charge in [-0.1, -0.05) is 18.2 Å². The van der Waals surface area contributed by atoms with Crippen LogP contribution in [0.4, 0.5) is 4.39 Å². The number of amides is 3. The summed E-state index contributed by atoms with van der Waals surface area (Å²) in [7, 11) is 2.69. The molecule has 0 saturated carbocycles. The van der Waals surface area contributed by atoms with Gasteiger partial charge in [0.05, 0.1) is 25.7 Å². The molecular formula is C21H25FN2O6. The minimum atomic E-state index is -1.66. The molecule has 1 aromatic rings. The molecule has 2 atom stereocenters. The number of benzene rings is 1. The zero-order valence-corrected chi connectivity index (χ0v) is 17.1. The maximum Gasteiger partial charge on any atom is 0.328 e. The molecule has 0 N–H and O–H groups in total. The van der Waals surface area contributed by atoms with Gasteiger partial charge < -0.3 is 14.4 Å². The lowest BCUT2D eigenvalue weighted by Gasteiger charge is -2.31. The molecule has 0 aromatic heterocycles. The van der Waals surface area contributed by atoms with Crippen molar-refractivity contribution in [3.8, 4) is 0 Å². The van der Waals surface area contributed by atoms with E-state index < -0.39 is 47.4 Å². The van der Waals surface area contributed by atoms with E-state index in [9.17, 15) is 23.6 Å². The maximum absolute atomic E-state index is 14.7. The Kier molecular flexibility index (Phi) is 6.50. The topological polar surface area (TPSA) is 93.2 Å². The van der Waals surface area contributed by atoms with E-state index >= 15 is 0 Å². The smallest absolute Gasteiger partial charge is 0.328 e. The Morgan fingerprint density at radius 3 is 2.63 bits per heavy atom. The van der Waals surface area contributed by atoms with Gasteiger partial charge >= 0.3 is 5.97 Å². The number of methoxy groups -OCH3 is 2. The van der Waals surface area contributed by atoms with Gasteiger partial charge in [0.25, 0.3) is 0 Å². The van der Waals surface area contributed by atoms with E-state index in [0.717, 1.165) is 4.90 Å². The number of nitrogens with zero attached hydrogens (tertiary/aromatic N) is 2. The second-order valence-electron chi connectivity index (χ2n) is 7.53. The van der Waals surface area contributed by atoms with Crippen LogP contribution in [0.25, 0.3) is 0 Å². The Labute approximate surface area is 173 Å². The summed E-state index contributed by atoms with van der Waals surface area (Å²) in [5.74, 6) is -2.79. The van der Waals surface area contributed by atoms with Crippen LogP contribution in [0.5, 0.6) is 0 Å². The van der Waals surface area contributed by atoms with E-state index in [4.69, 9.17) is 9.47 Å². The zero-order valence-electron chi connectivity index (χ0n) is 17.1. The third kappa shape index (κ3) is 3.81. The van der Waals surface area contributed by atoms with E-state index in [1.54, 1.807) is 6.07 Å². The van der Waals surface area contributed by atoms with Crippen molar-refractivity contribution in [2.75, 3.05) is 33.9 Å². The van der Waals surface area contributed by atoms with Crippen LogP contribution in [0.3, 0.4) is 0 Å². The van der Waals surface area contributed by atoms with Crippen LogP contribution < -0.4 is 0 Å². The van der Waals surface area contributed by atoms with E-state index in [-0.39, 0.29) is 25.1 Å². The zero-order chi connectivity index (χ0) is 21.9. The Hall–Kier alpha value is -2.81. The molecular weight excluding hydrogens is 395 g/mol. The summed E-state index contributed by atoms with van der Waals surface area (Å²) in [5, 5.41) is 0. The molecule has 2 fully saturated rings. The number of hydrogen-bond donors (Lipinski definition) is 0. The average molecular weight is 420 g/mol. The molecule has 8 nitrogen and oxygen atoms in total. The highest BCUT2D eigenvalue weighted by Gasteiger charge is 2.55. The van der Waals surface area contributed by atoms with Crippen LogP contribution in [-0.2, 0) is 34.1 Å². The van der Waals surface area contributed by atoms with Gasteiger partial charge in [-0.15, -0.1) is 0 Å². The van der Waals surface area contributed by atoms with Gasteiger partial charge in [-0.2, -0.15) is 0 Å². The highest BCUT2D eigenvalue weighted by atomic mass is 19.1. The molecule has 2 heterocycles. The van der Waals surface area contributed by atoms with Crippen molar-refractivity contribution in [3.63, 3.8) is 0 Å². The molecule has 0 radical (unpaired) electrons. The highest BCUT2D eigenvalue weighted by Crippen LogP contribution is 2.42. The summed E-state index contributed by atoms with van der Waals surface area (Å²) in [6.45, 7) is 0.490. The van der Waals surface area contributed by atoms with E-state index in [1.807, 2.05) is 0 Å². The van der Waals surface area contributed by atoms with Crippen molar-refractivity contribution in [3.05, 3.63) is 35.6 Å². The largest absolute Gasteiger partial charge is 0.467 e. The number of esters is 1. The second-order valence-corrected chi connectivity index (χ2v) is 7.53. The quantitative estimate of drug-likeness (QED) is 0.483. The minimum absolute atomic E-state index is 0.00503. The number of carbonyl (C=O) groups excluding carboxylic acids is 4. The number of hydrogen-bond acceptors (Lipinski definition) is 6. The third-order valence-electron chi connectivity index (χ3n) is 5.82. The number of carbonyl (C=O) groups is 4. The second kappa shape index (κ2) is 8.91. The molecule has 1 aromatic carbocycles. The Bertz CT molecular complexity index is 860. The number of rotatable bonds is 7. The van der Waals surface area contributed by atoms with Crippen LogP contribution in [0.1, 0.15) is 31.2 Å². The van der Waals surface area contributed by atoms with E-state index in [2.05, 4.69) is 0 Å². The summed E-state index contributed by atoms with van der Waals surface area (Å²) in [6, 6.07) is 4.93. The van der Waals surface area contributed by atoms with Gasteiger partial charge in [0.2, 0.25) is 17.7 Å². The molecule has 0 bridgehead atoms. The molecule has 30 heavy (non-hydrogen) atoms. The lowest BCUT2D eigenvalue weighted by molar-refractivity contribution is -0.151. The average Bonchev–Trinajstić information content (AvgIpc) is 3.31. The summed E-state index contributed by atoms with van der Waals surface area (Å²) in [4.78, 5) is 53.6. The molecule has 9 heteroatoms. The normalized spacial score (nSPS) is 23.9. The molecule has 3 rings (SSSR count).